The summed E-state index contributed by atoms with van der Waals surface area (Å²) in [5.74, 6) is 0.834. The van der Waals surface area contributed by atoms with Gasteiger partial charge in [-0.15, -0.1) is 0 Å². The van der Waals surface area contributed by atoms with E-state index in [-0.39, 0.29) is 0 Å². The summed E-state index contributed by atoms with van der Waals surface area (Å²) in [4.78, 5) is 2.48. The first kappa shape index (κ1) is 14.5. The maximum atomic E-state index is 3.72. The predicted molar refractivity (Wildman–Crippen MR) is 82.2 cm³/mol. The molecule has 1 aliphatic carbocycles. The normalized spacial score (nSPS) is 23.1. The first-order valence-corrected chi connectivity index (χ1v) is 7.75. The van der Waals surface area contributed by atoms with E-state index < -0.39 is 0 Å². The molecule has 2 unspecified atom stereocenters. The van der Waals surface area contributed by atoms with Crippen LogP contribution in [0.5, 0.6) is 0 Å². The molecule has 1 N–H and O–H groups in total. The van der Waals surface area contributed by atoms with Crippen LogP contribution in [0, 0.1) is 5.92 Å². The molecule has 0 heterocycles. The van der Waals surface area contributed by atoms with Crippen molar-refractivity contribution in [2.75, 3.05) is 20.1 Å². The van der Waals surface area contributed by atoms with Crippen molar-refractivity contribution >= 4 is 0 Å². The van der Waals surface area contributed by atoms with E-state index in [1.807, 2.05) is 0 Å². The summed E-state index contributed by atoms with van der Waals surface area (Å²) in [5.41, 5.74) is 1.42. The van der Waals surface area contributed by atoms with Crippen LogP contribution in [0.1, 0.15) is 38.2 Å². The Morgan fingerprint density at radius 2 is 2.00 bits per heavy atom. The second-order valence-corrected chi connectivity index (χ2v) is 5.93. The molecule has 2 heteroatoms. The van der Waals surface area contributed by atoms with Crippen LogP contribution >= 0.6 is 0 Å². The molecule has 0 saturated heterocycles. The molecule has 0 aromatic heterocycles. The van der Waals surface area contributed by atoms with Crippen LogP contribution in [-0.4, -0.2) is 31.1 Å². The second-order valence-electron chi connectivity index (χ2n) is 5.93. The molecular formula is C17H28N2. The Balaban J connectivity index is 1.79. The Morgan fingerprint density at radius 3 is 2.74 bits per heavy atom. The lowest BCUT2D eigenvalue weighted by molar-refractivity contribution is 0.245. The number of hydrogen-bond acceptors (Lipinski definition) is 2. The van der Waals surface area contributed by atoms with Gasteiger partial charge in [0.2, 0.25) is 0 Å². The lowest BCUT2D eigenvalue weighted by Crippen LogP contribution is -2.38. The molecule has 1 aliphatic rings. The molecule has 2 nitrogen and oxygen atoms in total. The fourth-order valence-electron chi connectivity index (χ4n) is 3.21. The van der Waals surface area contributed by atoms with E-state index >= 15 is 0 Å². The van der Waals surface area contributed by atoms with Gasteiger partial charge in [0, 0.05) is 19.1 Å². The minimum absolute atomic E-state index is 0.748. The first-order chi connectivity index (χ1) is 9.29. The monoisotopic (exact) mass is 260 g/mol. The molecule has 0 aliphatic heterocycles. The maximum Gasteiger partial charge on any atom is 0.0230 e. The smallest absolute Gasteiger partial charge is 0.0230 e. The van der Waals surface area contributed by atoms with Gasteiger partial charge in [0.25, 0.3) is 0 Å². The summed E-state index contributed by atoms with van der Waals surface area (Å²) < 4.78 is 0. The summed E-state index contributed by atoms with van der Waals surface area (Å²) in [6.07, 6.45) is 5.39. The molecule has 0 amide bonds. The third-order valence-electron chi connectivity index (χ3n) is 4.16. The number of nitrogens with one attached hydrogen (secondary N) is 1. The molecule has 0 radical (unpaired) electrons. The quantitative estimate of drug-likeness (QED) is 0.809. The summed E-state index contributed by atoms with van der Waals surface area (Å²) in [6, 6.07) is 11.5. The molecule has 0 spiro atoms. The molecule has 2 rings (SSSR count). The van der Waals surface area contributed by atoms with Gasteiger partial charge in [-0.2, -0.15) is 0 Å². The van der Waals surface area contributed by atoms with E-state index in [1.165, 1.54) is 44.3 Å². The van der Waals surface area contributed by atoms with Gasteiger partial charge in [-0.05, 0) is 44.3 Å². The van der Waals surface area contributed by atoms with Crippen molar-refractivity contribution in [3.8, 4) is 0 Å². The molecular weight excluding hydrogens is 232 g/mol. The zero-order valence-electron chi connectivity index (χ0n) is 12.4. The molecule has 0 bridgehead atoms. The predicted octanol–water partition coefficient (Wildman–Crippen LogP) is 3.29. The van der Waals surface area contributed by atoms with E-state index in [1.54, 1.807) is 0 Å². The van der Waals surface area contributed by atoms with Crippen LogP contribution in [0.3, 0.4) is 0 Å². The molecule has 1 fully saturated rings. The van der Waals surface area contributed by atoms with E-state index in [0.717, 1.165) is 18.5 Å². The standard InChI is InChI=1S/C17H28N2/c1-3-12-18-17-11-7-10-16(17)14-19(2)13-15-8-5-4-6-9-15/h4-6,8-9,16-18H,3,7,10-14H2,1-2H3. The Labute approximate surface area is 118 Å². The third kappa shape index (κ3) is 4.63. The molecule has 19 heavy (non-hydrogen) atoms. The Bertz CT molecular complexity index is 350. The van der Waals surface area contributed by atoms with Gasteiger partial charge < -0.3 is 10.2 Å². The highest BCUT2D eigenvalue weighted by Crippen LogP contribution is 2.26. The van der Waals surface area contributed by atoms with Crippen molar-refractivity contribution in [1.82, 2.24) is 10.2 Å². The van der Waals surface area contributed by atoms with Crippen LogP contribution < -0.4 is 5.32 Å². The van der Waals surface area contributed by atoms with Crippen molar-refractivity contribution < 1.29 is 0 Å². The van der Waals surface area contributed by atoms with Gasteiger partial charge in [0.15, 0.2) is 0 Å². The Kier molecular flexibility index (Phi) is 5.87. The van der Waals surface area contributed by atoms with Crippen molar-refractivity contribution in [2.45, 2.75) is 45.2 Å². The van der Waals surface area contributed by atoms with Crippen molar-refractivity contribution in [1.29, 1.82) is 0 Å². The minimum Gasteiger partial charge on any atom is -0.314 e. The first-order valence-electron chi connectivity index (χ1n) is 7.75. The molecule has 1 aromatic carbocycles. The maximum absolute atomic E-state index is 3.72. The van der Waals surface area contributed by atoms with E-state index in [4.69, 9.17) is 0 Å². The molecule has 1 saturated carbocycles. The minimum atomic E-state index is 0.748. The fraction of sp³-hybridized carbons (Fsp3) is 0.647. The van der Waals surface area contributed by atoms with Gasteiger partial charge in [-0.3, -0.25) is 0 Å². The number of nitrogens with zero attached hydrogens (tertiary/aromatic N) is 1. The molecule has 106 valence electrons. The number of hydrogen-bond donors (Lipinski definition) is 1. The van der Waals surface area contributed by atoms with E-state index in [0.29, 0.717) is 0 Å². The summed E-state index contributed by atoms with van der Waals surface area (Å²) in [7, 11) is 2.25. The largest absolute Gasteiger partial charge is 0.314 e. The summed E-state index contributed by atoms with van der Waals surface area (Å²) in [5, 5.41) is 3.72. The topological polar surface area (TPSA) is 15.3 Å². The highest BCUT2D eigenvalue weighted by Gasteiger charge is 2.27. The highest BCUT2D eigenvalue weighted by atomic mass is 15.1. The third-order valence-corrected chi connectivity index (χ3v) is 4.16. The zero-order chi connectivity index (χ0) is 13.5. The fourth-order valence-corrected chi connectivity index (χ4v) is 3.21. The summed E-state index contributed by atoms with van der Waals surface area (Å²) >= 11 is 0. The lowest BCUT2D eigenvalue weighted by Gasteiger charge is -2.26. The second kappa shape index (κ2) is 7.66. The van der Waals surface area contributed by atoms with Crippen molar-refractivity contribution in [2.24, 2.45) is 5.92 Å². The molecule has 1 aromatic rings. The van der Waals surface area contributed by atoms with Gasteiger partial charge >= 0.3 is 0 Å². The lowest BCUT2D eigenvalue weighted by atomic mass is 10.0. The zero-order valence-corrected chi connectivity index (χ0v) is 12.4. The van der Waals surface area contributed by atoms with Gasteiger partial charge in [0.05, 0.1) is 0 Å². The average Bonchev–Trinajstić information content (AvgIpc) is 2.84. The van der Waals surface area contributed by atoms with Crippen molar-refractivity contribution in [3.63, 3.8) is 0 Å². The number of rotatable bonds is 7. The van der Waals surface area contributed by atoms with Crippen LogP contribution in [0.2, 0.25) is 0 Å². The Morgan fingerprint density at radius 1 is 1.21 bits per heavy atom. The highest BCUT2D eigenvalue weighted by molar-refractivity contribution is 5.14. The van der Waals surface area contributed by atoms with Crippen LogP contribution in [-0.2, 0) is 6.54 Å². The molecule has 2 atom stereocenters. The number of benzene rings is 1. The SMILES string of the molecule is CCCNC1CCCC1CN(C)Cc1ccccc1. The summed E-state index contributed by atoms with van der Waals surface area (Å²) in [6.45, 7) is 5.70. The van der Waals surface area contributed by atoms with E-state index in [9.17, 15) is 0 Å². The Hall–Kier alpha value is -0.860. The van der Waals surface area contributed by atoms with E-state index in [2.05, 4.69) is 54.5 Å². The van der Waals surface area contributed by atoms with Crippen LogP contribution in [0.4, 0.5) is 0 Å². The van der Waals surface area contributed by atoms with Crippen LogP contribution in [0.25, 0.3) is 0 Å². The van der Waals surface area contributed by atoms with Crippen LogP contribution in [0.15, 0.2) is 30.3 Å². The van der Waals surface area contributed by atoms with Gasteiger partial charge in [-0.25, -0.2) is 0 Å². The van der Waals surface area contributed by atoms with Gasteiger partial charge in [-0.1, -0.05) is 43.7 Å². The van der Waals surface area contributed by atoms with Crippen molar-refractivity contribution in [3.05, 3.63) is 35.9 Å². The van der Waals surface area contributed by atoms with Gasteiger partial charge in [0.1, 0.15) is 0 Å². The average molecular weight is 260 g/mol.